The third-order valence-electron chi connectivity index (χ3n) is 3.27. The molecule has 0 saturated heterocycles. The fraction of sp³-hybridized carbons (Fsp3) is 0.333. The van der Waals surface area contributed by atoms with Crippen molar-refractivity contribution in [2.24, 2.45) is 0 Å². The fourth-order valence-electron chi connectivity index (χ4n) is 2.07. The lowest BCUT2D eigenvalue weighted by Crippen LogP contribution is -2.27. The molecule has 1 aromatic heterocycles. The van der Waals surface area contributed by atoms with E-state index < -0.39 is 0 Å². The van der Waals surface area contributed by atoms with E-state index in [1.165, 1.54) is 0 Å². The summed E-state index contributed by atoms with van der Waals surface area (Å²) in [6.45, 7) is 5.93. The quantitative estimate of drug-likeness (QED) is 0.800. The minimum atomic E-state index is -0.262. The van der Waals surface area contributed by atoms with E-state index in [1.807, 2.05) is 51.1 Å². The SMILES string of the molecule is CC(C)c1[nH]nc(C(=O)N[C@H](C)c2ccccc2)c1N. The first-order valence-electron chi connectivity index (χ1n) is 6.70. The molecule has 5 heteroatoms. The molecule has 0 fully saturated rings. The molecule has 1 atom stereocenters. The van der Waals surface area contributed by atoms with Gasteiger partial charge >= 0.3 is 0 Å². The third kappa shape index (κ3) is 2.82. The summed E-state index contributed by atoms with van der Waals surface area (Å²) in [5.41, 5.74) is 8.49. The molecule has 5 nitrogen and oxygen atoms in total. The van der Waals surface area contributed by atoms with Crippen molar-refractivity contribution in [3.05, 3.63) is 47.3 Å². The van der Waals surface area contributed by atoms with Gasteiger partial charge in [-0.3, -0.25) is 9.89 Å². The summed E-state index contributed by atoms with van der Waals surface area (Å²) >= 11 is 0. The molecule has 1 heterocycles. The molecule has 2 rings (SSSR count). The van der Waals surface area contributed by atoms with Crippen LogP contribution in [-0.2, 0) is 0 Å². The number of amides is 1. The molecule has 1 amide bonds. The molecule has 0 aliphatic carbocycles. The van der Waals surface area contributed by atoms with Crippen molar-refractivity contribution < 1.29 is 4.79 Å². The summed E-state index contributed by atoms with van der Waals surface area (Å²) in [5, 5.41) is 9.76. The Morgan fingerprint density at radius 2 is 1.90 bits per heavy atom. The minimum Gasteiger partial charge on any atom is -0.395 e. The molecule has 1 aromatic carbocycles. The molecular formula is C15H20N4O. The molecule has 0 saturated carbocycles. The van der Waals surface area contributed by atoms with Gasteiger partial charge in [0.1, 0.15) is 0 Å². The van der Waals surface area contributed by atoms with Gasteiger partial charge in [-0.05, 0) is 18.4 Å². The Morgan fingerprint density at radius 3 is 2.45 bits per heavy atom. The van der Waals surface area contributed by atoms with Crippen molar-refractivity contribution in [2.45, 2.75) is 32.7 Å². The lowest BCUT2D eigenvalue weighted by molar-refractivity contribution is 0.0935. The van der Waals surface area contributed by atoms with E-state index in [9.17, 15) is 4.79 Å². The zero-order valence-corrected chi connectivity index (χ0v) is 12.0. The van der Waals surface area contributed by atoms with Gasteiger partial charge in [0.05, 0.1) is 17.4 Å². The second kappa shape index (κ2) is 5.77. The summed E-state index contributed by atoms with van der Waals surface area (Å²) in [4.78, 5) is 12.2. The van der Waals surface area contributed by atoms with Gasteiger partial charge in [-0.2, -0.15) is 5.10 Å². The monoisotopic (exact) mass is 272 g/mol. The largest absolute Gasteiger partial charge is 0.395 e. The Bertz CT molecular complexity index is 589. The van der Waals surface area contributed by atoms with Crippen molar-refractivity contribution in [2.75, 3.05) is 5.73 Å². The topological polar surface area (TPSA) is 83.8 Å². The fourth-order valence-corrected chi connectivity index (χ4v) is 2.07. The minimum absolute atomic E-state index is 0.0951. The molecule has 0 aliphatic rings. The lowest BCUT2D eigenvalue weighted by atomic mass is 10.1. The van der Waals surface area contributed by atoms with Crippen LogP contribution in [0.2, 0.25) is 0 Å². The lowest BCUT2D eigenvalue weighted by Gasteiger charge is -2.13. The summed E-state index contributed by atoms with van der Waals surface area (Å²) < 4.78 is 0. The number of aromatic amines is 1. The molecule has 4 N–H and O–H groups in total. The number of nitrogens with zero attached hydrogens (tertiary/aromatic N) is 1. The van der Waals surface area contributed by atoms with Crippen molar-refractivity contribution >= 4 is 11.6 Å². The maximum Gasteiger partial charge on any atom is 0.274 e. The third-order valence-corrected chi connectivity index (χ3v) is 3.27. The number of anilines is 1. The van der Waals surface area contributed by atoms with E-state index in [-0.39, 0.29) is 23.6 Å². The van der Waals surface area contributed by atoms with Crippen LogP contribution in [0.1, 0.15) is 54.5 Å². The van der Waals surface area contributed by atoms with Crippen LogP contribution < -0.4 is 11.1 Å². The van der Waals surface area contributed by atoms with Gasteiger partial charge in [-0.15, -0.1) is 0 Å². The molecule has 20 heavy (non-hydrogen) atoms. The Morgan fingerprint density at radius 1 is 1.25 bits per heavy atom. The van der Waals surface area contributed by atoms with E-state index in [0.29, 0.717) is 5.69 Å². The summed E-state index contributed by atoms with van der Waals surface area (Å²) in [7, 11) is 0. The maximum atomic E-state index is 12.2. The number of rotatable bonds is 4. The molecule has 0 bridgehead atoms. The summed E-state index contributed by atoms with van der Waals surface area (Å²) in [6, 6.07) is 9.67. The van der Waals surface area contributed by atoms with Crippen LogP contribution in [0.3, 0.4) is 0 Å². The van der Waals surface area contributed by atoms with Gasteiger partial charge in [0.15, 0.2) is 5.69 Å². The second-order valence-corrected chi connectivity index (χ2v) is 5.16. The highest BCUT2D eigenvalue weighted by Crippen LogP contribution is 2.22. The van der Waals surface area contributed by atoms with Crippen LogP contribution in [-0.4, -0.2) is 16.1 Å². The van der Waals surface area contributed by atoms with Crippen LogP contribution in [0.15, 0.2) is 30.3 Å². The van der Waals surface area contributed by atoms with Gasteiger partial charge in [-0.25, -0.2) is 0 Å². The highest BCUT2D eigenvalue weighted by Gasteiger charge is 2.20. The molecule has 0 unspecified atom stereocenters. The smallest absolute Gasteiger partial charge is 0.274 e. The number of H-pyrrole nitrogens is 1. The van der Waals surface area contributed by atoms with Crippen LogP contribution in [0.4, 0.5) is 5.69 Å². The van der Waals surface area contributed by atoms with Gasteiger partial charge in [0.2, 0.25) is 0 Å². The number of nitrogens with one attached hydrogen (secondary N) is 2. The predicted octanol–water partition coefficient (Wildman–Crippen LogP) is 2.61. The van der Waals surface area contributed by atoms with Crippen molar-refractivity contribution in [1.82, 2.24) is 15.5 Å². The predicted molar refractivity (Wildman–Crippen MR) is 79.4 cm³/mol. The van der Waals surface area contributed by atoms with E-state index >= 15 is 0 Å². The van der Waals surface area contributed by atoms with Gasteiger partial charge < -0.3 is 11.1 Å². The molecule has 2 aromatic rings. The Labute approximate surface area is 118 Å². The molecule has 0 aliphatic heterocycles. The van der Waals surface area contributed by atoms with E-state index in [0.717, 1.165) is 11.3 Å². The Hall–Kier alpha value is -2.30. The summed E-state index contributed by atoms with van der Waals surface area (Å²) in [5.74, 6) is -0.0578. The van der Waals surface area contributed by atoms with Crippen LogP contribution in [0.25, 0.3) is 0 Å². The van der Waals surface area contributed by atoms with Crippen molar-refractivity contribution in [3.8, 4) is 0 Å². The first-order chi connectivity index (χ1) is 9.50. The normalized spacial score (nSPS) is 12.4. The van der Waals surface area contributed by atoms with E-state index in [1.54, 1.807) is 0 Å². The first kappa shape index (κ1) is 14.1. The molecule has 106 valence electrons. The van der Waals surface area contributed by atoms with Crippen molar-refractivity contribution in [1.29, 1.82) is 0 Å². The number of hydrogen-bond acceptors (Lipinski definition) is 3. The molecule has 0 spiro atoms. The Balaban J connectivity index is 2.13. The van der Waals surface area contributed by atoms with Gasteiger partial charge in [0.25, 0.3) is 5.91 Å². The van der Waals surface area contributed by atoms with Crippen LogP contribution >= 0.6 is 0 Å². The number of nitrogens with two attached hydrogens (primary N) is 1. The number of hydrogen-bond donors (Lipinski definition) is 3. The van der Waals surface area contributed by atoms with E-state index in [2.05, 4.69) is 15.5 Å². The maximum absolute atomic E-state index is 12.2. The molecular weight excluding hydrogens is 252 g/mol. The summed E-state index contributed by atoms with van der Waals surface area (Å²) in [6.07, 6.45) is 0. The van der Waals surface area contributed by atoms with Gasteiger partial charge in [-0.1, -0.05) is 44.2 Å². The average molecular weight is 272 g/mol. The number of carbonyl (C=O) groups excluding carboxylic acids is 1. The number of nitrogen functional groups attached to an aromatic ring is 1. The number of aromatic nitrogens is 2. The average Bonchev–Trinajstić information content (AvgIpc) is 2.81. The Kier molecular flexibility index (Phi) is 4.08. The molecule has 0 radical (unpaired) electrons. The van der Waals surface area contributed by atoms with Gasteiger partial charge in [0, 0.05) is 0 Å². The standard InChI is InChI=1S/C15H20N4O/c1-9(2)13-12(16)14(19-18-13)15(20)17-10(3)11-7-5-4-6-8-11/h4-10H,16H2,1-3H3,(H,17,20)(H,18,19)/t10-/m1/s1. The second-order valence-electron chi connectivity index (χ2n) is 5.16. The van der Waals surface area contributed by atoms with Crippen LogP contribution in [0.5, 0.6) is 0 Å². The first-order valence-corrected chi connectivity index (χ1v) is 6.70. The highest BCUT2D eigenvalue weighted by molar-refractivity contribution is 5.97. The van der Waals surface area contributed by atoms with Crippen molar-refractivity contribution in [3.63, 3.8) is 0 Å². The zero-order valence-electron chi connectivity index (χ0n) is 12.0. The highest BCUT2D eigenvalue weighted by atomic mass is 16.2. The van der Waals surface area contributed by atoms with Crippen LogP contribution in [0, 0.1) is 0 Å². The number of benzene rings is 1. The van der Waals surface area contributed by atoms with E-state index in [4.69, 9.17) is 5.73 Å². The zero-order chi connectivity index (χ0) is 14.7. The number of carbonyl (C=O) groups is 1.